The highest BCUT2D eigenvalue weighted by Crippen LogP contribution is 2.39. The van der Waals surface area contributed by atoms with E-state index in [1.807, 2.05) is 0 Å². The zero-order chi connectivity index (χ0) is 31.3. The molecule has 6 rings (SSSR count). The fourth-order valence-corrected chi connectivity index (χ4v) is 9.80. The number of nitrogens with zero attached hydrogens (tertiary/aromatic N) is 4. The van der Waals surface area contributed by atoms with E-state index >= 15 is 0 Å². The van der Waals surface area contributed by atoms with Crippen LogP contribution in [0.2, 0.25) is 0 Å². The summed E-state index contributed by atoms with van der Waals surface area (Å²) in [4.78, 5) is 11.4. The number of hydrogen-bond acceptors (Lipinski definition) is 8. The molecule has 45 heavy (non-hydrogen) atoms. The second-order valence-corrected chi connectivity index (χ2v) is 15.5. The summed E-state index contributed by atoms with van der Waals surface area (Å²) in [6, 6.07) is 21.9. The minimum atomic E-state index is 0.473. The second kappa shape index (κ2) is 15.0. The highest BCUT2D eigenvalue weighted by Gasteiger charge is 2.24. The SMILES string of the molecule is CCc1c(-c2cc(CN3CCN(Cc4ccccc4C)CC3)c(O)c(CN3CCN(Cc4ccccc4C)CC3)c2)ssc1=S. The monoisotopic (exact) mass is 658 g/mol. The van der Waals surface area contributed by atoms with Crippen LogP contribution in [0.25, 0.3) is 10.4 Å². The first kappa shape index (κ1) is 32.5. The number of rotatable bonds is 10. The molecule has 2 saturated heterocycles. The van der Waals surface area contributed by atoms with Crippen molar-refractivity contribution in [3.63, 3.8) is 0 Å². The molecule has 0 atom stereocenters. The molecular formula is C37H46N4OS3. The van der Waals surface area contributed by atoms with Crippen molar-refractivity contribution >= 4 is 32.9 Å². The smallest absolute Gasteiger partial charge is 0.124 e. The Kier molecular flexibility index (Phi) is 10.8. The average Bonchev–Trinajstić information content (AvgIpc) is 3.43. The predicted octanol–water partition coefficient (Wildman–Crippen LogP) is 7.73. The molecule has 0 unspecified atom stereocenters. The number of aryl methyl sites for hydroxylation is 2. The van der Waals surface area contributed by atoms with Gasteiger partial charge < -0.3 is 5.11 Å². The minimum Gasteiger partial charge on any atom is -0.507 e. The van der Waals surface area contributed by atoms with E-state index in [1.54, 1.807) is 20.7 Å². The van der Waals surface area contributed by atoms with Gasteiger partial charge in [0.15, 0.2) is 0 Å². The molecule has 2 aliphatic heterocycles. The van der Waals surface area contributed by atoms with E-state index in [1.165, 1.54) is 38.3 Å². The highest BCUT2D eigenvalue weighted by atomic mass is 32.9. The van der Waals surface area contributed by atoms with Gasteiger partial charge in [-0.3, -0.25) is 19.6 Å². The van der Waals surface area contributed by atoms with Gasteiger partial charge in [-0.25, -0.2) is 0 Å². The number of hydrogen-bond donors (Lipinski definition) is 1. The lowest BCUT2D eigenvalue weighted by Crippen LogP contribution is -2.45. The second-order valence-electron chi connectivity index (χ2n) is 12.7. The first-order chi connectivity index (χ1) is 21.9. The van der Waals surface area contributed by atoms with Crippen molar-refractivity contribution in [3.05, 3.63) is 103 Å². The number of aromatic hydroxyl groups is 1. The van der Waals surface area contributed by atoms with Crippen LogP contribution >= 0.6 is 32.9 Å². The molecule has 0 bridgehead atoms. The molecule has 4 aromatic rings. The fraction of sp³-hybridized carbons (Fsp3) is 0.432. The van der Waals surface area contributed by atoms with E-state index in [4.69, 9.17) is 12.2 Å². The van der Waals surface area contributed by atoms with E-state index in [0.717, 1.165) is 99.9 Å². The molecule has 3 heterocycles. The summed E-state index contributed by atoms with van der Waals surface area (Å²) in [5.41, 5.74) is 10.1. The molecule has 2 aliphatic rings. The third-order valence-corrected chi connectivity index (χ3v) is 12.8. The Labute approximate surface area is 281 Å². The van der Waals surface area contributed by atoms with Crippen LogP contribution in [0, 0.1) is 17.7 Å². The van der Waals surface area contributed by atoms with Crippen molar-refractivity contribution in [1.29, 1.82) is 0 Å². The van der Waals surface area contributed by atoms with Crippen molar-refractivity contribution in [2.45, 2.75) is 53.4 Å². The van der Waals surface area contributed by atoms with E-state index in [2.05, 4.69) is 101 Å². The van der Waals surface area contributed by atoms with Crippen molar-refractivity contribution in [3.8, 4) is 16.2 Å². The molecule has 0 saturated carbocycles. The van der Waals surface area contributed by atoms with Gasteiger partial charge in [0, 0.05) is 89.7 Å². The summed E-state index contributed by atoms with van der Waals surface area (Å²) in [5, 5.41) is 11.7. The van der Waals surface area contributed by atoms with Crippen LogP contribution in [0.5, 0.6) is 5.75 Å². The molecule has 238 valence electrons. The summed E-state index contributed by atoms with van der Waals surface area (Å²) in [5.74, 6) is 0.473. The maximum atomic E-state index is 11.7. The summed E-state index contributed by atoms with van der Waals surface area (Å²) in [7, 11) is 3.49. The van der Waals surface area contributed by atoms with Crippen LogP contribution in [0.3, 0.4) is 0 Å². The van der Waals surface area contributed by atoms with Crippen LogP contribution in [-0.4, -0.2) is 77.1 Å². The first-order valence-corrected chi connectivity index (χ1v) is 18.9. The number of piperazine rings is 2. The van der Waals surface area contributed by atoms with E-state index in [0.29, 0.717) is 5.75 Å². The van der Waals surface area contributed by atoms with E-state index < -0.39 is 0 Å². The normalized spacial score (nSPS) is 17.2. The number of phenols is 1. The molecule has 0 amide bonds. The minimum absolute atomic E-state index is 0.473. The molecule has 5 nitrogen and oxygen atoms in total. The molecule has 0 spiro atoms. The number of benzene rings is 3. The maximum absolute atomic E-state index is 11.7. The van der Waals surface area contributed by atoms with Crippen LogP contribution < -0.4 is 0 Å². The standard InChI is InChI=1S/C37H46N4OS3/c1-4-34-36(44-45-37(34)43)31-21-32(25-40-17-13-38(14-18-40)23-29-11-7-5-9-27(29)2)35(42)33(22-31)26-41-19-15-39(16-20-41)24-30-12-8-6-10-28(30)3/h5-12,21-22,42H,4,13-20,23-26H2,1-3H3. The van der Waals surface area contributed by atoms with Gasteiger partial charge in [0.05, 0.1) is 4.88 Å². The third-order valence-electron chi connectivity index (χ3n) is 9.63. The largest absolute Gasteiger partial charge is 0.507 e. The maximum Gasteiger partial charge on any atom is 0.124 e. The molecule has 2 fully saturated rings. The van der Waals surface area contributed by atoms with Crippen LogP contribution in [0.15, 0.2) is 60.7 Å². The Balaban J connectivity index is 1.16. The number of phenolic OH excluding ortho intramolecular Hbond substituents is 1. The Morgan fingerprint density at radius 3 is 1.42 bits per heavy atom. The lowest BCUT2D eigenvalue weighted by Gasteiger charge is -2.36. The van der Waals surface area contributed by atoms with Crippen molar-refractivity contribution in [2.75, 3.05) is 52.4 Å². The average molecular weight is 659 g/mol. The van der Waals surface area contributed by atoms with Gasteiger partial charge in [-0.05, 0) is 65.8 Å². The Morgan fingerprint density at radius 2 is 1.02 bits per heavy atom. The zero-order valence-corrected chi connectivity index (χ0v) is 29.4. The fourth-order valence-electron chi connectivity index (χ4n) is 6.68. The molecule has 1 N–H and O–H groups in total. The Hall–Kier alpha value is -2.43. The Morgan fingerprint density at radius 1 is 0.622 bits per heavy atom. The Bertz CT molecular complexity index is 1560. The van der Waals surface area contributed by atoms with Gasteiger partial charge in [0.1, 0.15) is 9.57 Å². The lowest BCUT2D eigenvalue weighted by molar-refractivity contribution is 0.119. The van der Waals surface area contributed by atoms with Crippen LogP contribution in [0.4, 0.5) is 0 Å². The quantitative estimate of drug-likeness (QED) is 0.139. The molecule has 8 heteroatoms. The predicted molar refractivity (Wildman–Crippen MR) is 193 cm³/mol. The van der Waals surface area contributed by atoms with Gasteiger partial charge in [0.25, 0.3) is 0 Å². The van der Waals surface area contributed by atoms with Crippen LogP contribution in [-0.2, 0) is 32.6 Å². The highest BCUT2D eigenvalue weighted by molar-refractivity contribution is 7.80. The first-order valence-electron chi connectivity index (χ1n) is 16.3. The van der Waals surface area contributed by atoms with E-state index in [-0.39, 0.29) is 0 Å². The van der Waals surface area contributed by atoms with Gasteiger partial charge in [-0.1, -0.05) is 88.4 Å². The lowest BCUT2D eigenvalue weighted by atomic mass is 9.99. The summed E-state index contributed by atoms with van der Waals surface area (Å²) in [6.07, 6.45) is 0.936. The topological polar surface area (TPSA) is 33.2 Å². The summed E-state index contributed by atoms with van der Waals surface area (Å²) >= 11 is 5.71. The van der Waals surface area contributed by atoms with Crippen molar-refractivity contribution in [1.82, 2.24) is 19.6 Å². The molecule has 1 aromatic heterocycles. The summed E-state index contributed by atoms with van der Waals surface area (Å²) < 4.78 is 1.00. The molecule has 0 aliphatic carbocycles. The molecular weight excluding hydrogens is 613 g/mol. The third kappa shape index (κ3) is 7.93. The molecule has 3 aromatic carbocycles. The van der Waals surface area contributed by atoms with Crippen molar-refractivity contribution < 1.29 is 5.11 Å². The van der Waals surface area contributed by atoms with Gasteiger partial charge in [-0.2, -0.15) is 0 Å². The summed E-state index contributed by atoms with van der Waals surface area (Å²) in [6.45, 7) is 18.4. The van der Waals surface area contributed by atoms with Gasteiger partial charge >= 0.3 is 0 Å². The zero-order valence-electron chi connectivity index (χ0n) is 26.9. The van der Waals surface area contributed by atoms with E-state index in [9.17, 15) is 5.11 Å². The molecule has 0 radical (unpaired) electrons. The van der Waals surface area contributed by atoms with Crippen molar-refractivity contribution in [2.24, 2.45) is 0 Å². The van der Waals surface area contributed by atoms with Gasteiger partial charge in [0.2, 0.25) is 0 Å². The van der Waals surface area contributed by atoms with Crippen LogP contribution in [0.1, 0.15) is 45.9 Å². The van der Waals surface area contributed by atoms with Gasteiger partial charge in [-0.15, -0.1) is 0 Å².